The summed E-state index contributed by atoms with van der Waals surface area (Å²) in [5.41, 5.74) is 0. The number of rotatable bonds is 4. The van der Waals surface area contributed by atoms with E-state index in [4.69, 9.17) is 0 Å². The van der Waals surface area contributed by atoms with Crippen LogP contribution in [-0.4, -0.2) is 12.6 Å². The van der Waals surface area contributed by atoms with Gasteiger partial charge in [-0.15, -0.1) is 0 Å². The van der Waals surface area contributed by atoms with E-state index in [2.05, 4.69) is 17.9 Å². The molecule has 0 aliphatic carbocycles. The Morgan fingerprint density at radius 2 is 2.30 bits per heavy atom. The third kappa shape index (κ3) is 3.15. The minimum atomic E-state index is -0.656. The highest BCUT2D eigenvalue weighted by Crippen LogP contribution is 2.09. The van der Waals surface area contributed by atoms with Crippen LogP contribution in [-0.2, 0) is 14.1 Å². The number of esters is 1. The zero-order chi connectivity index (χ0) is 7.98. The van der Waals surface area contributed by atoms with E-state index in [1.807, 2.05) is 0 Å². The Kier molecular flexibility index (Phi) is 4.42. The maximum absolute atomic E-state index is 10.6. The van der Waals surface area contributed by atoms with Gasteiger partial charge in [0, 0.05) is 0 Å². The first-order valence-electron chi connectivity index (χ1n) is 2.52. The predicted octanol–water partition coefficient (Wildman–Crippen LogP) is 1.52. The van der Waals surface area contributed by atoms with Gasteiger partial charge in [0.1, 0.15) is 11.9 Å². The van der Waals surface area contributed by atoms with Crippen LogP contribution in [0.2, 0.25) is 0 Å². The molecule has 4 heteroatoms. The van der Waals surface area contributed by atoms with E-state index in [0.29, 0.717) is 0 Å². The maximum Gasteiger partial charge on any atom is 0.345 e. The van der Waals surface area contributed by atoms with Crippen molar-refractivity contribution in [3.63, 3.8) is 0 Å². The highest BCUT2D eigenvalue weighted by Gasteiger charge is 2.05. The highest BCUT2D eigenvalue weighted by molar-refractivity contribution is 7.31. The van der Waals surface area contributed by atoms with Gasteiger partial charge in [-0.2, -0.15) is 0 Å². The first kappa shape index (κ1) is 9.05. The maximum atomic E-state index is 10.6. The van der Waals surface area contributed by atoms with Crippen LogP contribution in [0, 0.1) is 0 Å². The zero-order valence-electron chi connectivity index (χ0n) is 5.37. The average molecular weight is 158 g/mol. The molecule has 0 amide bonds. The Bertz CT molecular complexity index is 174. The molecule has 0 heterocycles. The average Bonchev–Trinajstić information content (AvgIpc) is 1.98. The van der Waals surface area contributed by atoms with E-state index in [1.54, 1.807) is 0 Å². The Hall–Kier alpha value is -0.950. The van der Waals surface area contributed by atoms with Crippen molar-refractivity contribution >= 4 is 14.4 Å². The number of carbonyl (C=O) groups is 1. The van der Waals surface area contributed by atoms with Gasteiger partial charge in [0.2, 0.25) is 0 Å². The molecule has 0 aromatic carbocycles. The molecule has 0 unspecified atom stereocenters. The lowest BCUT2D eigenvalue weighted by molar-refractivity contribution is -0.136. The van der Waals surface area contributed by atoms with E-state index in [9.17, 15) is 9.36 Å². The van der Waals surface area contributed by atoms with Gasteiger partial charge in [-0.1, -0.05) is 19.2 Å². The summed E-state index contributed by atoms with van der Waals surface area (Å²) in [5.74, 6) is -0.656. The molecular weight excluding hydrogens is 151 g/mol. The quantitative estimate of drug-likeness (QED) is 0.269. The first-order valence-corrected chi connectivity index (χ1v) is 3.34. The van der Waals surface area contributed by atoms with Gasteiger partial charge in [-0.25, -0.2) is 4.79 Å². The van der Waals surface area contributed by atoms with Gasteiger partial charge < -0.3 is 4.74 Å². The molecule has 0 saturated carbocycles. The molecule has 54 valence electrons. The van der Waals surface area contributed by atoms with E-state index < -0.39 is 14.4 Å². The molecule has 0 aliphatic heterocycles. The molecule has 0 bridgehead atoms. The molecule has 0 N–H and O–H groups in total. The third-order valence-electron chi connectivity index (χ3n) is 0.678. The largest absolute Gasteiger partial charge is 0.458 e. The van der Waals surface area contributed by atoms with Gasteiger partial charge >= 0.3 is 5.97 Å². The van der Waals surface area contributed by atoms with Crippen LogP contribution in [0.1, 0.15) is 0 Å². The lowest BCUT2D eigenvalue weighted by atomic mass is 10.6. The summed E-state index contributed by atoms with van der Waals surface area (Å²) in [4.78, 5) is 10.6. The molecule has 0 radical (unpaired) electrons. The fourth-order valence-electron chi connectivity index (χ4n) is 0.255. The van der Waals surface area contributed by atoms with E-state index in [1.165, 1.54) is 6.08 Å². The molecule has 0 aliphatic rings. The Morgan fingerprint density at radius 1 is 1.70 bits per heavy atom. The lowest BCUT2D eigenvalue weighted by Crippen LogP contribution is -2.02. The molecule has 0 rings (SSSR count). The Labute approximate surface area is 60.6 Å². The van der Waals surface area contributed by atoms with Crippen molar-refractivity contribution in [2.75, 3.05) is 6.61 Å². The predicted molar refractivity (Wildman–Crippen MR) is 37.9 cm³/mol. The second-order valence-corrected chi connectivity index (χ2v) is 2.15. The van der Waals surface area contributed by atoms with Crippen molar-refractivity contribution in [2.45, 2.75) is 0 Å². The summed E-state index contributed by atoms with van der Waals surface area (Å²) in [6, 6.07) is 0. The Balaban J connectivity index is 3.73. The SMILES string of the molecule is C=CCOC(=O)C(=C)P=O. The van der Waals surface area contributed by atoms with E-state index >= 15 is 0 Å². The van der Waals surface area contributed by atoms with Gasteiger partial charge in [0.25, 0.3) is 0 Å². The number of hydrogen-bond donors (Lipinski definition) is 0. The van der Waals surface area contributed by atoms with Crippen molar-refractivity contribution in [2.24, 2.45) is 0 Å². The topological polar surface area (TPSA) is 43.4 Å². The smallest absolute Gasteiger partial charge is 0.345 e. The molecule has 0 aromatic rings. The van der Waals surface area contributed by atoms with Crippen LogP contribution in [0.3, 0.4) is 0 Å². The van der Waals surface area contributed by atoms with Gasteiger partial charge in [0.15, 0.2) is 8.46 Å². The minimum absolute atomic E-state index is 0.0816. The monoisotopic (exact) mass is 158 g/mol. The standard InChI is InChI=1S/C6H7O3P/c1-3-4-9-6(7)5(2)10-8/h3H,1-2,4H2. The van der Waals surface area contributed by atoms with Crippen LogP contribution in [0.15, 0.2) is 24.5 Å². The second-order valence-electron chi connectivity index (χ2n) is 1.43. The Morgan fingerprint density at radius 3 is 2.70 bits per heavy atom. The number of ether oxygens (including phenoxy) is 1. The van der Waals surface area contributed by atoms with Crippen LogP contribution in [0.5, 0.6) is 0 Å². The fraction of sp³-hybridized carbons (Fsp3) is 0.167. The highest BCUT2D eigenvalue weighted by atomic mass is 31.1. The molecule has 0 atom stereocenters. The van der Waals surface area contributed by atoms with E-state index in [0.717, 1.165) is 0 Å². The zero-order valence-corrected chi connectivity index (χ0v) is 6.27. The summed E-state index contributed by atoms with van der Waals surface area (Å²) in [6.07, 6.45) is 1.42. The molecule has 0 saturated heterocycles. The minimum Gasteiger partial charge on any atom is -0.458 e. The number of carbonyl (C=O) groups excluding carboxylic acids is 1. The molecule has 0 spiro atoms. The number of hydrogen-bond acceptors (Lipinski definition) is 3. The van der Waals surface area contributed by atoms with Crippen molar-refractivity contribution < 1.29 is 14.1 Å². The van der Waals surface area contributed by atoms with Crippen molar-refractivity contribution in [3.8, 4) is 0 Å². The normalized spacial score (nSPS) is 8.80. The molecular formula is C6H7O3P. The summed E-state index contributed by atoms with van der Waals surface area (Å²) < 4.78 is 14.5. The van der Waals surface area contributed by atoms with Crippen LogP contribution >= 0.6 is 8.46 Å². The summed E-state index contributed by atoms with van der Waals surface area (Å²) in [7, 11) is -0.400. The van der Waals surface area contributed by atoms with Crippen molar-refractivity contribution in [1.29, 1.82) is 0 Å². The molecule has 10 heavy (non-hydrogen) atoms. The van der Waals surface area contributed by atoms with Gasteiger partial charge in [0.05, 0.1) is 0 Å². The van der Waals surface area contributed by atoms with E-state index in [-0.39, 0.29) is 11.9 Å². The molecule has 0 fully saturated rings. The summed E-state index contributed by atoms with van der Waals surface area (Å²) >= 11 is 0. The van der Waals surface area contributed by atoms with Gasteiger partial charge in [-0.05, 0) is 0 Å². The second kappa shape index (κ2) is 4.89. The summed E-state index contributed by atoms with van der Waals surface area (Å²) in [5, 5.41) is -0.0816. The molecule has 3 nitrogen and oxygen atoms in total. The van der Waals surface area contributed by atoms with Gasteiger partial charge in [-0.3, -0.25) is 4.57 Å². The van der Waals surface area contributed by atoms with Crippen LogP contribution in [0.25, 0.3) is 0 Å². The summed E-state index contributed by atoms with van der Waals surface area (Å²) in [6.45, 7) is 6.64. The van der Waals surface area contributed by atoms with Crippen molar-refractivity contribution in [3.05, 3.63) is 24.5 Å². The van der Waals surface area contributed by atoms with Crippen LogP contribution in [0.4, 0.5) is 0 Å². The van der Waals surface area contributed by atoms with Crippen molar-refractivity contribution in [1.82, 2.24) is 0 Å². The van der Waals surface area contributed by atoms with Crippen LogP contribution < -0.4 is 0 Å². The fourth-order valence-corrected chi connectivity index (χ4v) is 0.394. The third-order valence-corrected chi connectivity index (χ3v) is 1.08. The lowest BCUT2D eigenvalue weighted by Gasteiger charge is -1.96. The molecule has 0 aromatic heterocycles. The first-order chi connectivity index (χ1) is 4.72.